The second-order valence-corrected chi connectivity index (χ2v) is 3.99. The van der Waals surface area contributed by atoms with E-state index in [9.17, 15) is 9.18 Å². The Bertz CT molecular complexity index is 586. The van der Waals surface area contributed by atoms with Crippen molar-refractivity contribution in [1.29, 1.82) is 0 Å². The molecule has 0 atom stereocenters. The van der Waals surface area contributed by atoms with Crippen LogP contribution >= 0.6 is 11.6 Å². The second-order valence-electron chi connectivity index (χ2n) is 3.55. The van der Waals surface area contributed by atoms with E-state index in [2.05, 4.69) is 10.3 Å². The van der Waals surface area contributed by atoms with Crippen molar-refractivity contribution in [3.63, 3.8) is 0 Å². The van der Waals surface area contributed by atoms with Gasteiger partial charge in [0.1, 0.15) is 11.6 Å². The summed E-state index contributed by atoms with van der Waals surface area (Å²) in [6, 6.07) is 6.88. The monoisotopic (exact) mass is 265 g/mol. The lowest BCUT2D eigenvalue weighted by molar-refractivity contribution is 0.102. The minimum absolute atomic E-state index is 0.126. The Morgan fingerprint density at radius 1 is 1.33 bits per heavy atom. The van der Waals surface area contributed by atoms with E-state index in [0.29, 0.717) is 11.5 Å². The zero-order valence-electron chi connectivity index (χ0n) is 9.15. The van der Waals surface area contributed by atoms with Crippen LogP contribution in [0.1, 0.15) is 10.4 Å². The van der Waals surface area contributed by atoms with Gasteiger partial charge in [0.15, 0.2) is 0 Å². The van der Waals surface area contributed by atoms with E-state index in [1.165, 1.54) is 24.4 Å². The van der Waals surface area contributed by atoms with Gasteiger partial charge in [-0.1, -0.05) is 11.6 Å². The molecule has 0 saturated carbocycles. The molecule has 2 aromatic rings. The summed E-state index contributed by atoms with van der Waals surface area (Å²) >= 11 is 5.71. The molecule has 1 aromatic heterocycles. The van der Waals surface area contributed by atoms with Gasteiger partial charge in [0, 0.05) is 5.02 Å². The van der Waals surface area contributed by atoms with Crippen LogP contribution in [0.4, 0.5) is 15.9 Å². The maximum absolute atomic E-state index is 13.4. The second kappa shape index (κ2) is 5.01. The van der Waals surface area contributed by atoms with Crippen LogP contribution in [-0.4, -0.2) is 10.9 Å². The van der Waals surface area contributed by atoms with Gasteiger partial charge < -0.3 is 11.1 Å². The van der Waals surface area contributed by atoms with E-state index in [1.54, 1.807) is 6.07 Å². The number of rotatable bonds is 2. The fourth-order valence-corrected chi connectivity index (χ4v) is 1.52. The van der Waals surface area contributed by atoms with Crippen LogP contribution in [0.5, 0.6) is 0 Å². The van der Waals surface area contributed by atoms with Crippen LogP contribution in [-0.2, 0) is 0 Å². The molecule has 1 aromatic carbocycles. The fraction of sp³-hybridized carbons (Fsp3) is 0. The van der Waals surface area contributed by atoms with Crippen molar-refractivity contribution in [2.24, 2.45) is 0 Å². The number of anilines is 2. The molecular weight excluding hydrogens is 257 g/mol. The van der Waals surface area contributed by atoms with Crippen molar-refractivity contribution in [2.45, 2.75) is 0 Å². The fourth-order valence-electron chi connectivity index (χ4n) is 1.35. The summed E-state index contributed by atoms with van der Waals surface area (Å²) in [5.41, 5.74) is 5.71. The van der Waals surface area contributed by atoms with Gasteiger partial charge in [-0.15, -0.1) is 0 Å². The highest BCUT2D eigenvalue weighted by molar-refractivity contribution is 6.31. The highest BCUT2D eigenvalue weighted by Crippen LogP contribution is 2.16. The number of hydrogen-bond acceptors (Lipinski definition) is 3. The Morgan fingerprint density at radius 3 is 2.78 bits per heavy atom. The van der Waals surface area contributed by atoms with Crippen molar-refractivity contribution in [2.75, 3.05) is 11.1 Å². The lowest BCUT2D eigenvalue weighted by Crippen LogP contribution is -2.14. The predicted molar refractivity (Wildman–Crippen MR) is 68.0 cm³/mol. The van der Waals surface area contributed by atoms with Gasteiger partial charge in [0.25, 0.3) is 5.91 Å². The molecule has 0 saturated heterocycles. The van der Waals surface area contributed by atoms with Gasteiger partial charge in [0.05, 0.1) is 17.4 Å². The van der Waals surface area contributed by atoms with Gasteiger partial charge in [-0.25, -0.2) is 9.37 Å². The van der Waals surface area contributed by atoms with E-state index in [1.807, 2.05) is 0 Å². The van der Waals surface area contributed by atoms with E-state index in [-0.39, 0.29) is 10.6 Å². The number of nitrogens with one attached hydrogen (secondary N) is 1. The van der Waals surface area contributed by atoms with Crippen LogP contribution in [0.2, 0.25) is 5.02 Å². The number of nitrogens with zero attached hydrogens (tertiary/aromatic N) is 1. The first kappa shape index (κ1) is 12.3. The molecule has 0 unspecified atom stereocenters. The number of nitrogens with two attached hydrogens (primary N) is 1. The molecule has 0 spiro atoms. The molecular formula is C12H9ClFN3O. The molecule has 0 aliphatic carbocycles. The van der Waals surface area contributed by atoms with E-state index >= 15 is 0 Å². The zero-order valence-corrected chi connectivity index (χ0v) is 9.91. The molecule has 0 bridgehead atoms. The lowest BCUT2D eigenvalue weighted by Gasteiger charge is -2.06. The molecule has 0 radical (unpaired) electrons. The summed E-state index contributed by atoms with van der Waals surface area (Å²) in [5.74, 6) is -0.899. The number of carbonyl (C=O) groups excluding carboxylic acids is 1. The highest BCUT2D eigenvalue weighted by atomic mass is 35.5. The number of hydrogen-bond donors (Lipinski definition) is 2. The Balaban J connectivity index is 2.21. The molecule has 1 amide bonds. The summed E-state index contributed by atoms with van der Waals surface area (Å²) in [5, 5.41) is 2.79. The number of nitrogen functional groups attached to an aromatic ring is 1. The largest absolute Gasteiger partial charge is 0.384 e. The van der Waals surface area contributed by atoms with Gasteiger partial charge in [-0.2, -0.15) is 0 Å². The third-order valence-corrected chi connectivity index (χ3v) is 2.45. The van der Waals surface area contributed by atoms with Crippen molar-refractivity contribution in [3.05, 3.63) is 52.9 Å². The molecule has 0 aliphatic rings. The average Bonchev–Trinajstić information content (AvgIpc) is 2.35. The molecule has 92 valence electrons. The van der Waals surface area contributed by atoms with E-state index in [0.717, 1.165) is 6.07 Å². The summed E-state index contributed by atoms with van der Waals surface area (Å²) in [7, 11) is 0. The normalized spacial score (nSPS) is 10.1. The first-order chi connectivity index (χ1) is 8.56. The summed E-state index contributed by atoms with van der Waals surface area (Å²) < 4.78 is 13.4. The Labute approximate surface area is 108 Å². The third kappa shape index (κ3) is 2.75. The minimum Gasteiger partial charge on any atom is -0.384 e. The summed E-state index contributed by atoms with van der Waals surface area (Å²) in [4.78, 5) is 15.6. The van der Waals surface area contributed by atoms with E-state index in [4.69, 9.17) is 17.3 Å². The number of pyridine rings is 1. The molecule has 1 heterocycles. The number of benzene rings is 1. The van der Waals surface area contributed by atoms with E-state index < -0.39 is 11.7 Å². The Hall–Kier alpha value is -2.14. The molecule has 2 rings (SSSR count). The van der Waals surface area contributed by atoms with Crippen LogP contribution in [0.15, 0.2) is 36.5 Å². The first-order valence-electron chi connectivity index (χ1n) is 5.04. The maximum atomic E-state index is 13.4. The van der Waals surface area contributed by atoms with Crippen LogP contribution < -0.4 is 11.1 Å². The van der Waals surface area contributed by atoms with Gasteiger partial charge in [0.2, 0.25) is 0 Å². The Morgan fingerprint density at radius 2 is 2.11 bits per heavy atom. The Kier molecular flexibility index (Phi) is 3.43. The van der Waals surface area contributed by atoms with Crippen molar-refractivity contribution in [1.82, 2.24) is 4.98 Å². The number of carbonyl (C=O) groups is 1. The topological polar surface area (TPSA) is 68.0 Å². The smallest absolute Gasteiger partial charge is 0.258 e. The standard InChI is InChI=1S/C12H9ClFN3O/c13-7-1-3-10(14)9(5-7)12(18)17-8-2-4-11(15)16-6-8/h1-6H,(H2,15,16)(H,17,18). The molecule has 0 aliphatic heterocycles. The minimum atomic E-state index is -0.639. The van der Waals surface area contributed by atoms with Crippen molar-refractivity contribution in [3.8, 4) is 0 Å². The van der Waals surface area contributed by atoms with Crippen molar-refractivity contribution < 1.29 is 9.18 Å². The molecule has 4 nitrogen and oxygen atoms in total. The SMILES string of the molecule is Nc1ccc(NC(=O)c2cc(Cl)ccc2F)cn1. The molecule has 0 fully saturated rings. The quantitative estimate of drug-likeness (QED) is 0.877. The molecule has 18 heavy (non-hydrogen) atoms. The lowest BCUT2D eigenvalue weighted by atomic mass is 10.2. The highest BCUT2D eigenvalue weighted by Gasteiger charge is 2.12. The third-order valence-electron chi connectivity index (χ3n) is 2.22. The predicted octanol–water partition coefficient (Wildman–Crippen LogP) is 2.71. The molecule has 3 N–H and O–H groups in total. The maximum Gasteiger partial charge on any atom is 0.258 e. The number of halogens is 2. The van der Waals surface area contributed by atoms with Gasteiger partial charge >= 0.3 is 0 Å². The summed E-state index contributed by atoms with van der Waals surface area (Å²) in [6.45, 7) is 0. The van der Waals surface area contributed by atoms with Gasteiger partial charge in [-0.3, -0.25) is 4.79 Å². The van der Waals surface area contributed by atoms with Crippen molar-refractivity contribution >= 4 is 29.0 Å². The number of aromatic nitrogens is 1. The first-order valence-corrected chi connectivity index (χ1v) is 5.42. The van der Waals surface area contributed by atoms with Crippen LogP contribution in [0, 0.1) is 5.82 Å². The van der Waals surface area contributed by atoms with Crippen LogP contribution in [0.25, 0.3) is 0 Å². The number of amides is 1. The average molecular weight is 266 g/mol. The van der Waals surface area contributed by atoms with Gasteiger partial charge in [-0.05, 0) is 30.3 Å². The molecule has 6 heteroatoms. The van der Waals surface area contributed by atoms with Crippen LogP contribution in [0.3, 0.4) is 0 Å². The summed E-state index contributed by atoms with van der Waals surface area (Å²) in [6.07, 6.45) is 1.38. The zero-order chi connectivity index (χ0) is 13.1.